The second-order valence-electron chi connectivity index (χ2n) is 9.49. The van der Waals surface area contributed by atoms with Crippen LogP contribution in [0.2, 0.25) is 0 Å². The number of aryl methyl sites for hydroxylation is 2. The number of carbonyl (C=O) groups is 1. The van der Waals surface area contributed by atoms with Crippen LogP contribution in [-0.2, 0) is 21.7 Å². The van der Waals surface area contributed by atoms with Crippen LogP contribution in [0.4, 0.5) is 0 Å². The molecule has 2 aliphatic heterocycles. The zero-order chi connectivity index (χ0) is 21.8. The van der Waals surface area contributed by atoms with Crippen molar-refractivity contribution in [2.24, 2.45) is 11.1 Å². The fraction of sp³-hybridized carbons (Fsp3) is 0.542. The highest BCUT2D eigenvalue weighted by atomic mass is 16.7. The number of rotatable bonds is 4. The van der Waals surface area contributed by atoms with Crippen molar-refractivity contribution >= 4 is 11.6 Å². The first-order valence-electron chi connectivity index (χ1n) is 11.1. The van der Waals surface area contributed by atoms with Crippen LogP contribution >= 0.6 is 0 Å². The summed E-state index contributed by atoms with van der Waals surface area (Å²) in [4.78, 5) is 21.5. The Balaban J connectivity index is 1.40. The fourth-order valence-electron chi connectivity index (χ4n) is 5.43. The van der Waals surface area contributed by atoms with Gasteiger partial charge >= 0.3 is 0 Å². The second kappa shape index (κ2) is 7.48. The number of fused-ring (bicyclic) bond motifs is 2. The van der Waals surface area contributed by atoms with E-state index in [1.54, 1.807) is 4.90 Å². The molecular formula is C24H29N3O4. The van der Waals surface area contributed by atoms with Crippen LogP contribution in [0.25, 0.3) is 0 Å². The summed E-state index contributed by atoms with van der Waals surface area (Å²) in [5.41, 5.74) is 3.66. The third-order valence-corrected chi connectivity index (χ3v) is 6.94. The van der Waals surface area contributed by atoms with Gasteiger partial charge in [0.1, 0.15) is 11.7 Å². The van der Waals surface area contributed by atoms with Gasteiger partial charge in [-0.3, -0.25) is 4.79 Å². The van der Waals surface area contributed by atoms with E-state index in [-0.39, 0.29) is 17.9 Å². The molecule has 1 fully saturated rings. The third-order valence-electron chi connectivity index (χ3n) is 6.94. The quantitative estimate of drug-likeness (QED) is 0.815. The lowest BCUT2D eigenvalue weighted by Gasteiger charge is -2.29. The van der Waals surface area contributed by atoms with Crippen molar-refractivity contribution in [3.05, 3.63) is 52.9 Å². The number of likely N-dealkylation sites (tertiary alicyclic amines) is 1. The van der Waals surface area contributed by atoms with Crippen molar-refractivity contribution in [2.45, 2.75) is 70.1 Å². The van der Waals surface area contributed by atoms with E-state index in [0.717, 1.165) is 24.2 Å². The molecule has 1 N–H and O–H groups in total. The average molecular weight is 424 g/mol. The minimum Gasteiger partial charge on any atom is -0.391 e. The van der Waals surface area contributed by atoms with Gasteiger partial charge in [-0.2, -0.15) is 0 Å². The minimum atomic E-state index is -0.576. The van der Waals surface area contributed by atoms with Crippen molar-refractivity contribution in [1.29, 1.82) is 0 Å². The molecule has 4 atom stereocenters. The topological polar surface area (TPSA) is 88.2 Å². The van der Waals surface area contributed by atoms with E-state index < -0.39 is 17.6 Å². The van der Waals surface area contributed by atoms with E-state index >= 15 is 0 Å². The smallest absolute Gasteiger partial charge is 0.234 e. The Labute approximate surface area is 182 Å². The summed E-state index contributed by atoms with van der Waals surface area (Å²) in [7, 11) is 0. The first-order valence-corrected chi connectivity index (χ1v) is 11.1. The lowest BCUT2D eigenvalue weighted by molar-refractivity contribution is -0.134. The maximum absolute atomic E-state index is 13.7. The second-order valence-corrected chi connectivity index (χ2v) is 9.49. The number of hydrogen-bond acceptors (Lipinski definition) is 6. The summed E-state index contributed by atoms with van der Waals surface area (Å²) in [6, 6.07) is 9.92. The van der Waals surface area contributed by atoms with Gasteiger partial charge in [0.15, 0.2) is 5.60 Å². The van der Waals surface area contributed by atoms with Crippen molar-refractivity contribution in [3.8, 4) is 0 Å². The van der Waals surface area contributed by atoms with Crippen molar-refractivity contribution < 1.29 is 19.3 Å². The van der Waals surface area contributed by atoms with Gasteiger partial charge in [0, 0.05) is 31.0 Å². The molecule has 2 aromatic rings. The van der Waals surface area contributed by atoms with Crippen LogP contribution in [0.3, 0.4) is 0 Å². The molecule has 1 aromatic carbocycles. The first-order chi connectivity index (χ1) is 14.9. The molecule has 1 amide bonds. The van der Waals surface area contributed by atoms with Crippen molar-refractivity contribution in [3.63, 3.8) is 0 Å². The van der Waals surface area contributed by atoms with Crippen LogP contribution in [-0.4, -0.2) is 45.5 Å². The highest BCUT2D eigenvalue weighted by Gasteiger charge is 2.50. The third kappa shape index (κ3) is 3.35. The van der Waals surface area contributed by atoms with E-state index in [1.807, 2.05) is 32.9 Å². The molecule has 0 bridgehead atoms. The summed E-state index contributed by atoms with van der Waals surface area (Å²) in [5.74, 6) is 0.109. The molecule has 7 heteroatoms. The summed E-state index contributed by atoms with van der Waals surface area (Å²) >= 11 is 0. The van der Waals surface area contributed by atoms with Crippen LogP contribution in [0.5, 0.6) is 0 Å². The number of aromatic nitrogens is 1. The Morgan fingerprint density at radius 1 is 1.32 bits per heavy atom. The monoisotopic (exact) mass is 423 g/mol. The first kappa shape index (κ1) is 20.2. The average Bonchev–Trinajstić information content (AvgIpc) is 3.51. The predicted molar refractivity (Wildman–Crippen MR) is 115 cm³/mol. The fourth-order valence-corrected chi connectivity index (χ4v) is 5.43. The zero-order valence-corrected chi connectivity index (χ0v) is 18.2. The van der Waals surface area contributed by atoms with Gasteiger partial charge in [0.25, 0.3) is 0 Å². The molecule has 3 aliphatic rings. The standard InChI is InChI=1S/C24H29N3O4/c1-14(2)22(21-10-15(3)25-30-21)23(29)27-13-17(28)11-20(27)19-12-24(31-26-19)9-8-16-6-4-5-7-18(16)24/h4-7,10,14,17,20,22,28H,8-9,11-13H2,1-3H3/t17-,20+,22-,24+/m1/s1. The molecule has 0 saturated carbocycles. The summed E-state index contributed by atoms with van der Waals surface area (Å²) in [5, 5.41) is 18.9. The molecule has 5 rings (SSSR count). The lowest BCUT2D eigenvalue weighted by Crippen LogP contribution is -2.44. The van der Waals surface area contributed by atoms with Crippen LogP contribution in [0, 0.1) is 12.8 Å². The van der Waals surface area contributed by atoms with E-state index in [9.17, 15) is 9.90 Å². The van der Waals surface area contributed by atoms with E-state index in [4.69, 9.17) is 9.36 Å². The Morgan fingerprint density at radius 3 is 2.87 bits per heavy atom. The predicted octanol–water partition coefficient (Wildman–Crippen LogP) is 3.30. The number of amides is 1. The van der Waals surface area contributed by atoms with Crippen molar-refractivity contribution in [2.75, 3.05) is 6.54 Å². The van der Waals surface area contributed by atoms with Crippen LogP contribution in [0.15, 0.2) is 40.0 Å². The lowest BCUT2D eigenvalue weighted by atomic mass is 9.87. The number of oxime groups is 1. The van der Waals surface area contributed by atoms with Gasteiger partial charge in [0.2, 0.25) is 5.91 Å². The number of aliphatic hydroxyl groups is 1. The number of aliphatic hydroxyl groups excluding tert-OH is 1. The van der Waals surface area contributed by atoms with Crippen LogP contribution < -0.4 is 0 Å². The maximum atomic E-state index is 13.7. The van der Waals surface area contributed by atoms with Crippen LogP contribution in [0.1, 0.15) is 61.6 Å². The zero-order valence-electron chi connectivity index (χ0n) is 18.2. The van der Waals surface area contributed by atoms with Gasteiger partial charge in [-0.05, 0) is 31.2 Å². The Morgan fingerprint density at radius 2 is 2.13 bits per heavy atom. The SMILES string of the molecule is Cc1cc([C@H](C(=O)N2C[C@H](O)C[C@H]2C2=NO[C@@]3(CCc4ccccc43)C2)C(C)C)on1. The Hall–Kier alpha value is -2.67. The molecule has 1 saturated heterocycles. The van der Waals surface area contributed by atoms with Gasteiger partial charge in [-0.1, -0.05) is 48.4 Å². The summed E-state index contributed by atoms with van der Waals surface area (Å²) in [6.07, 6.45) is 2.41. The summed E-state index contributed by atoms with van der Waals surface area (Å²) < 4.78 is 5.46. The number of benzene rings is 1. The normalized spacial score (nSPS) is 28.2. The molecular weight excluding hydrogens is 394 g/mol. The Bertz CT molecular complexity index is 1030. The van der Waals surface area contributed by atoms with E-state index in [1.165, 1.54) is 11.1 Å². The largest absolute Gasteiger partial charge is 0.391 e. The molecule has 7 nitrogen and oxygen atoms in total. The molecule has 3 heterocycles. The Kier molecular flexibility index (Phi) is 4.88. The molecule has 1 aromatic heterocycles. The van der Waals surface area contributed by atoms with Gasteiger partial charge in [-0.25, -0.2) is 0 Å². The number of hydrogen-bond donors (Lipinski definition) is 1. The maximum Gasteiger partial charge on any atom is 0.234 e. The molecule has 0 unspecified atom stereocenters. The molecule has 164 valence electrons. The van der Waals surface area contributed by atoms with Crippen molar-refractivity contribution in [1.82, 2.24) is 10.1 Å². The molecule has 1 aliphatic carbocycles. The molecule has 1 spiro atoms. The van der Waals surface area contributed by atoms with Gasteiger partial charge < -0.3 is 19.4 Å². The van der Waals surface area contributed by atoms with Gasteiger partial charge in [-0.15, -0.1) is 0 Å². The summed E-state index contributed by atoms with van der Waals surface area (Å²) in [6.45, 7) is 6.15. The highest BCUT2D eigenvalue weighted by molar-refractivity contribution is 5.96. The molecule has 0 radical (unpaired) electrons. The van der Waals surface area contributed by atoms with E-state index in [2.05, 4.69) is 28.5 Å². The van der Waals surface area contributed by atoms with Gasteiger partial charge in [0.05, 0.1) is 23.6 Å². The molecule has 31 heavy (non-hydrogen) atoms. The number of β-amino-alcohol motifs (C(OH)–C–C–N with tert-alkyl or cyclic N) is 1. The highest BCUT2D eigenvalue weighted by Crippen LogP contribution is 2.47. The van der Waals surface area contributed by atoms with E-state index in [0.29, 0.717) is 25.1 Å². The minimum absolute atomic E-state index is 0.0352. The number of nitrogens with zero attached hydrogens (tertiary/aromatic N) is 3. The number of carbonyl (C=O) groups excluding carboxylic acids is 1.